The predicted molar refractivity (Wildman–Crippen MR) is 80.7 cm³/mol. The molecule has 0 atom stereocenters. The maximum Gasteiger partial charge on any atom is 0.266 e. The SMILES string of the molecule is O=c1c(I)cncn1CCCNC1CCCCC1. The van der Waals surface area contributed by atoms with Crippen molar-refractivity contribution in [3.05, 3.63) is 26.4 Å². The molecule has 1 aliphatic carbocycles. The fourth-order valence-electron chi connectivity index (χ4n) is 2.45. The van der Waals surface area contributed by atoms with Gasteiger partial charge in [-0.1, -0.05) is 19.3 Å². The summed E-state index contributed by atoms with van der Waals surface area (Å²) in [6.45, 7) is 1.74. The Labute approximate surface area is 121 Å². The molecule has 1 N–H and O–H groups in total. The third-order valence-electron chi connectivity index (χ3n) is 3.47. The fraction of sp³-hybridized carbons (Fsp3) is 0.692. The molecule has 1 aliphatic rings. The molecule has 1 heterocycles. The van der Waals surface area contributed by atoms with Crippen molar-refractivity contribution < 1.29 is 0 Å². The second-order valence-corrected chi connectivity index (χ2v) is 6.04. The fourth-order valence-corrected chi connectivity index (χ4v) is 2.92. The summed E-state index contributed by atoms with van der Waals surface area (Å²) in [5.74, 6) is 0. The van der Waals surface area contributed by atoms with Gasteiger partial charge in [-0.05, 0) is 48.4 Å². The van der Waals surface area contributed by atoms with Crippen LogP contribution in [-0.4, -0.2) is 22.1 Å². The summed E-state index contributed by atoms with van der Waals surface area (Å²) in [5.41, 5.74) is 0.0725. The third kappa shape index (κ3) is 4.05. The predicted octanol–water partition coefficient (Wildman–Crippen LogP) is 2.16. The third-order valence-corrected chi connectivity index (χ3v) is 4.21. The van der Waals surface area contributed by atoms with Gasteiger partial charge in [-0.2, -0.15) is 0 Å². The number of hydrogen-bond donors (Lipinski definition) is 1. The quantitative estimate of drug-likeness (QED) is 0.646. The van der Waals surface area contributed by atoms with Gasteiger partial charge in [0.2, 0.25) is 0 Å². The molecule has 1 aromatic rings. The molecule has 1 fully saturated rings. The molecule has 0 spiro atoms. The Hall–Kier alpha value is -0.430. The van der Waals surface area contributed by atoms with Gasteiger partial charge in [0.05, 0.1) is 9.90 Å². The van der Waals surface area contributed by atoms with E-state index in [1.165, 1.54) is 32.1 Å². The number of aryl methyl sites for hydroxylation is 1. The Kier molecular flexibility index (Phi) is 5.62. The Morgan fingerprint density at radius 1 is 1.39 bits per heavy atom. The molecule has 0 radical (unpaired) electrons. The van der Waals surface area contributed by atoms with E-state index in [9.17, 15) is 4.79 Å². The lowest BCUT2D eigenvalue weighted by Crippen LogP contribution is -2.32. The van der Waals surface area contributed by atoms with Gasteiger partial charge in [-0.25, -0.2) is 4.98 Å². The average molecular weight is 361 g/mol. The Morgan fingerprint density at radius 3 is 2.94 bits per heavy atom. The molecule has 18 heavy (non-hydrogen) atoms. The minimum absolute atomic E-state index is 0.0725. The largest absolute Gasteiger partial charge is 0.314 e. The molecule has 0 unspecified atom stereocenters. The smallest absolute Gasteiger partial charge is 0.266 e. The first kappa shape index (κ1) is 14.0. The van der Waals surface area contributed by atoms with Crippen molar-refractivity contribution in [2.45, 2.75) is 51.1 Å². The second kappa shape index (κ2) is 7.23. The van der Waals surface area contributed by atoms with E-state index in [1.807, 2.05) is 22.6 Å². The van der Waals surface area contributed by atoms with Gasteiger partial charge in [0.25, 0.3) is 5.56 Å². The van der Waals surface area contributed by atoms with E-state index in [0.29, 0.717) is 9.61 Å². The lowest BCUT2D eigenvalue weighted by molar-refractivity contribution is 0.368. The lowest BCUT2D eigenvalue weighted by atomic mass is 9.95. The molecule has 1 saturated carbocycles. The lowest BCUT2D eigenvalue weighted by Gasteiger charge is -2.22. The van der Waals surface area contributed by atoms with Gasteiger partial charge >= 0.3 is 0 Å². The van der Waals surface area contributed by atoms with E-state index >= 15 is 0 Å². The summed E-state index contributed by atoms with van der Waals surface area (Å²) >= 11 is 2.03. The van der Waals surface area contributed by atoms with Crippen LogP contribution in [0, 0.1) is 3.57 Å². The number of hydrogen-bond acceptors (Lipinski definition) is 3. The summed E-state index contributed by atoms with van der Waals surface area (Å²) in [6.07, 6.45) is 11.0. The van der Waals surface area contributed by atoms with Crippen LogP contribution in [0.2, 0.25) is 0 Å². The standard InChI is InChI=1S/C13H20IN3O/c14-12-9-15-10-17(13(12)18)8-4-7-16-11-5-2-1-3-6-11/h9-11,16H,1-8H2. The number of halogens is 1. The minimum atomic E-state index is 0.0725. The number of aromatic nitrogens is 2. The Morgan fingerprint density at radius 2 is 2.17 bits per heavy atom. The average Bonchev–Trinajstić information content (AvgIpc) is 2.40. The van der Waals surface area contributed by atoms with Crippen LogP contribution in [0.5, 0.6) is 0 Å². The minimum Gasteiger partial charge on any atom is -0.314 e. The molecule has 0 aromatic carbocycles. The molecule has 100 valence electrons. The highest BCUT2D eigenvalue weighted by Gasteiger charge is 2.11. The van der Waals surface area contributed by atoms with Crippen molar-refractivity contribution in [2.75, 3.05) is 6.54 Å². The molecule has 2 rings (SSSR count). The normalized spacial score (nSPS) is 16.9. The molecule has 1 aromatic heterocycles. The van der Waals surface area contributed by atoms with Gasteiger partial charge in [-0.3, -0.25) is 9.36 Å². The molecule has 0 amide bonds. The first-order valence-electron chi connectivity index (χ1n) is 6.70. The summed E-state index contributed by atoms with van der Waals surface area (Å²) in [7, 11) is 0. The van der Waals surface area contributed by atoms with Crippen molar-refractivity contribution in [2.24, 2.45) is 0 Å². The molecule has 0 saturated heterocycles. The van der Waals surface area contributed by atoms with Crippen LogP contribution in [-0.2, 0) is 6.54 Å². The van der Waals surface area contributed by atoms with Gasteiger partial charge < -0.3 is 5.32 Å². The summed E-state index contributed by atoms with van der Waals surface area (Å²) in [6, 6.07) is 0.699. The Balaban J connectivity index is 1.71. The van der Waals surface area contributed by atoms with E-state index < -0.39 is 0 Å². The van der Waals surface area contributed by atoms with Gasteiger partial charge in [0.15, 0.2) is 0 Å². The van der Waals surface area contributed by atoms with E-state index in [0.717, 1.165) is 19.5 Å². The van der Waals surface area contributed by atoms with Crippen molar-refractivity contribution in [3.63, 3.8) is 0 Å². The topological polar surface area (TPSA) is 46.9 Å². The highest BCUT2D eigenvalue weighted by Crippen LogP contribution is 2.17. The van der Waals surface area contributed by atoms with Crippen LogP contribution >= 0.6 is 22.6 Å². The van der Waals surface area contributed by atoms with Crippen LogP contribution in [0.1, 0.15) is 38.5 Å². The van der Waals surface area contributed by atoms with E-state index in [1.54, 1.807) is 17.1 Å². The zero-order valence-corrected chi connectivity index (χ0v) is 12.7. The van der Waals surface area contributed by atoms with Crippen molar-refractivity contribution >= 4 is 22.6 Å². The Bertz CT molecular complexity index is 426. The molecule has 4 nitrogen and oxygen atoms in total. The number of nitrogens with one attached hydrogen (secondary N) is 1. The second-order valence-electron chi connectivity index (χ2n) is 4.88. The molecule has 0 bridgehead atoms. The maximum absolute atomic E-state index is 11.8. The van der Waals surface area contributed by atoms with Gasteiger partial charge in [0, 0.05) is 18.8 Å². The summed E-state index contributed by atoms with van der Waals surface area (Å²) < 4.78 is 2.39. The van der Waals surface area contributed by atoms with Crippen LogP contribution in [0.15, 0.2) is 17.3 Å². The highest BCUT2D eigenvalue weighted by atomic mass is 127. The van der Waals surface area contributed by atoms with E-state index in [4.69, 9.17) is 0 Å². The number of nitrogens with zero attached hydrogens (tertiary/aromatic N) is 2. The summed E-state index contributed by atoms with van der Waals surface area (Å²) in [5, 5.41) is 3.59. The van der Waals surface area contributed by atoms with Crippen LogP contribution < -0.4 is 10.9 Å². The molecular weight excluding hydrogens is 341 g/mol. The highest BCUT2D eigenvalue weighted by molar-refractivity contribution is 14.1. The number of rotatable bonds is 5. The molecule has 5 heteroatoms. The molecule has 0 aliphatic heterocycles. The van der Waals surface area contributed by atoms with Crippen molar-refractivity contribution in [3.8, 4) is 0 Å². The van der Waals surface area contributed by atoms with Crippen LogP contribution in [0.3, 0.4) is 0 Å². The first-order valence-corrected chi connectivity index (χ1v) is 7.78. The van der Waals surface area contributed by atoms with Gasteiger partial charge in [0.1, 0.15) is 0 Å². The maximum atomic E-state index is 11.8. The molecular formula is C13H20IN3O. The van der Waals surface area contributed by atoms with E-state index in [-0.39, 0.29) is 5.56 Å². The van der Waals surface area contributed by atoms with Crippen molar-refractivity contribution in [1.82, 2.24) is 14.9 Å². The van der Waals surface area contributed by atoms with E-state index in [2.05, 4.69) is 10.3 Å². The van der Waals surface area contributed by atoms with Crippen LogP contribution in [0.4, 0.5) is 0 Å². The van der Waals surface area contributed by atoms with Gasteiger partial charge in [-0.15, -0.1) is 0 Å². The zero-order valence-electron chi connectivity index (χ0n) is 10.6. The van der Waals surface area contributed by atoms with Crippen LogP contribution in [0.25, 0.3) is 0 Å². The monoisotopic (exact) mass is 361 g/mol. The first-order chi connectivity index (χ1) is 8.77. The van der Waals surface area contributed by atoms with Crippen molar-refractivity contribution in [1.29, 1.82) is 0 Å². The zero-order chi connectivity index (χ0) is 12.8. The summed E-state index contributed by atoms with van der Waals surface area (Å²) in [4.78, 5) is 15.8.